The van der Waals surface area contributed by atoms with Crippen LogP contribution in [-0.4, -0.2) is 23.5 Å². The van der Waals surface area contributed by atoms with Gasteiger partial charge in [-0.05, 0) is 62.0 Å². The molecule has 0 fully saturated rings. The number of rotatable bonds is 9. The van der Waals surface area contributed by atoms with Crippen molar-refractivity contribution in [2.75, 3.05) is 17.6 Å². The summed E-state index contributed by atoms with van der Waals surface area (Å²) in [4.78, 5) is 0. The van der Waals surface area contributed by atoms with Crippen LogP contribution in [-0.2, 0) is 5.75 Å². The van der Waals surface area contributed by atoms with Gasteiger partial charge < -0.3 is 15.4 Å². The number of hydrogen-bond acceptors (Lipinski definition) is 3. The van der Waals surface area contributed by atoms with Crippen molar-refractivity contribution in [1.82, 2.24) is 5.32 Å². The van der Waals surface area contributed by atoms with Gasteiger partial charge >= 0.3 is 0 Å². The van der Waals surface area contributed by atoms with Gasteiger partial charge in [-0.2, -0.15) is 11.8 Å². The topological polar surface area (TPSA) is 33.3 Å². The second-order valence-electron chi connectivity index (χ2n) is 6.07. The molecule has 6 heteroatoms. The van der Waals surface area contributed by atoms with Crippen molar-refractivity contribution in [2.24, 2.45) is 0 Å². The lowest BCUT2D eigenvalue weighted by molar-refractivity contribution is 0.242. The van der Waals surface area contributed by atoms with Crippen LogP contribution in [0.3, 0.4) is 0 Å². The standard InChI is InChI=1S/C20H25FN2OS2/c1-15(2)24-18-9-5-8-17(13-18)23-20(25)22-11-6-12-26-14-16-7-3-4-10-19(16)21/h3-5,7-10,13,15H,6,11-12,14H2,1-2H3,(H2,22,23,25). The van der Waals surface area contributed by atoms with Crippen LogP contribution in [0, 0.1) is 5.82 Å². The number of halogens is 1. The van der Waals surface area contributed by atoms with Crippen molar-refractivity contribution in [2.45, 2.75) is 32.1 Å². The highest BCUT2D eigenvalue weighted by Gasteiger charge is 2.02. The van der Waals surface area contributed by atoms with Gasteiger partial charge in [0.1, 0.15) is 11.6 Å². The van der Waals surface area contributed by atoms with Crippen LogP contribution in [0.1, 0.15) is 25.8 Å². The summed E-state index contributed by atoms with van der Waals surface area (Å²) in [6.07, 6.45) is 1.09. The van der Waals surface area contributed by atoms with Crippen LogP contribution in [0.5, 0.6) is 5.75 Å². The van der Waals surface area contributed by atoms with Gasteiger partial charge in [-0.1, -0.05) is 24.3 Å². The highest BCUT2D eigenvalue weighted by molar-refractivity contribution is 7.98. The fourth-order valence-electron chi connectivity index (χ4n) is 2.27. The van der Waals surface area contributed by atoms with Crippen molar-refractivity contribution in [3.63, 3.8) is 0 Å². The van der Waals surface area contributed by atoms with Gasteiger partial charge in [0.2, 0.25) is 0 Å². The fourth-order valence-corrected chi connectivity index (χ4v) is 3.44. The Kier molecular flexibility index (Phi) is 8.71. The van der Waals surface area contributed by atoms with Crippen LogP contribution < -0.4 is 15.4 Å². The van der Waals surface area contributed by atoms with E-state index in [1.165, 1.54) is 6.07 Å². The Labute approximate surface area is 164 Å². The van der Waals surface area contributed by atoms with Gasteiger partial charge in [0.05, 0.1) is 6.10 Å². The largest absolute Gasteiger partial charge is 0.491 e. The lowest BCUT2D eigenvalue weighted by Gasteiger charge is -2.13. The number of anilines is 1. The van der Waals surface area contributed by atoms with Crippen LogP contribution >= 0.6 is 24.0 Å². The number of hydrogen-bond donors (Lipinski definition) is 2. The van der Waals surface area contributed by atoms with E-state index in [0.717, 1.165) is 35.7 Å². The van der Waals surface area contributed by atoms with Gasteiger partial charge in [-0.3, -0.25) is 0 Å². The van der Waals surface area contributed by atoms with E-state index in [9.17, 15) is 4.39 Å². The first-order chi connectivity index (χ1) is 12.5. The third kappa shape index (κ3) is 7.62. The zero-order valence-corrected chi connectivity index (χ0v) is 16.8. The first kappa shape index (κ1) is 20.5. The molecule has 0 unspecified atom stereocenters. The number of ether oxygens (including phenoxy) is 1. The van der Waals surface area contributed by atoms with Crippen molar-refractivity contribution in [1.29, 1.82) is 0 Å². The lowest BCUT2D eigenvalue weighted by Crippen LogP contribution is -2.29. The molecule has 0 atom stereocenters. The molecule has 0 aromatic heterocycles. The molecule has 0 radical (unpaired) electrons. The molecular formula is C20H25FN2OS2. The van der Waals surface area contributed by atoms with E-state index >= 15 is 0 Å². The highest BCUT2D eigenvalue weighted by Crippen LogP contribution is 2.18. The SMILES string of the molecule is CC(C)Oc1cccc(NC(=S)NCCCSCc2ccccc2F)c1. The summed E-state index contributed by atoms with van der Waals surface area (Å²) < 4.78 is 19.2. The average molecular weight is 393 g/mol. The normalized spacial score (nSPS) is 10.6. The second kappa shape index (κ2) is 11.0. The minimum Gasteiger partial charge on any atom is -0.491 e. The van der Waals surface area contributed by atoms with E-state index in [2.05, 4.69) is 10.6 Å². The molecule has 0 aliphatic rings. The molecule has 0 heterocycles. The van der Waals surface area contributed by atoms with Crippen LogP contribution in [0.4, 0.5) is 10.1 Å². The van der Waals surface area contributed by atoms with Gasteiger partial charge in [-0.15, -0.1) is 0 Å². The average Bonchev–Trinajstić information content (AvgIpc) is 2.59. The second-order valence-corrected chi connectivity index (χ2v) is 7.59. The highest BCUT2D eigenvalue weighted by atomic mass is 32.2. The maximum Gasteiger partial charge on any atom is 0.170 e. The van der Waals surface area contributed by atoms with Gasteiger partial charge in [0, 0.05) is 24.1 Å². The predicted octanol–water partition coefficient (Wildman–Crippen LogP) is 5.22. The Hall–Kier alpha value is -1.79. The molecule has 0 saturated heterocycles. The molecule has 2 N–H and O–H groups in total. The van der Waals surface area contributed by atoms with Crippen molar-refractivity contribution in [3.05, 3.63) is 59.9 Å². The summed E-state index contributed by atoms with van der Waals surface area (Å²) in [5.41, 5.74) is 1.65. The van der Waals surface area contributed by atoms with Crippen LogP contribution in [0.2, 0.25) is 0 Å². The van der Waals surface area contributed by atoms with E-state index in [0.29, 0.717) is 10.9 Å². The predicted molar refractivity (Wildman–Crippen MR) is 114 cm³/mol. The number of thioether (sulfide) groups is 1. The molecule has 2 aromatic carbocycles. The Morgan fingerprint density at radius 1 is 1.19 bits per heavy atom. The Morgan fingerprint density at radius 3 is 2.77 bits per heavy atom. The lowest BCUT2D eigenvalue weighted by atomic mass is 10.2. The Bertz CT molecular complexity index is 710. The molecule has 140 valence electrons. The summed E-state index contributed by atoms with van der Waals surface area (Å²) in [6.45, 7) is 4.77. The number of thiocarbonyl (C=S) groups is 1. The zero-order valence-electron chi connectivity index (χ0n) is 15.1. The Balaban J connectivity index is 1.62. The molecule has 0 saturated carbocycles. The van der Waals surface area contributed by atoms with E-state index in [-0.39, 0.29) is 11.9 Å². The molecule has 0 amide bonds. The summed E-state index contributed by atoms with van der Waals surface area (Å²) in [7, 11) is 0. The third-order valence-electron chi connectivity index (χ3n) is 3.43. The van der Waals surface area contributed by atoms with Crippen molar-refractivity contribution < 1.29 is 9.13 Å². The monoisotopic (exact) mass is 392 g/mol. The summed E-state index contributed by atoms with van der Waals surface area (Å²) in [5, 5.41) is 6.95. The third-order valence-corrected chi connectivity index (χ3v) is 4.77. The Morgan fingerprint density at radius 2 is 2.00 bits per heavy atom. The van der Waals surface area contributed by atoms with E-state index in [1.807, 2.05) is 50.2 Å². The first-order valence-corrected chi connectivity index (χ1v) is 10.2. The minimum absolute atomic E-state index is 0.132. The fraction of sp³-hybridized carbons (Fsp3) is 0.350. The molecule has 0 bridgehead atoms. The molecule has 3 nitrogen and oxygen atoms in total. The van der Waals surface area contributed by atoms with E-state index in [4.69, 9.17) is 17.0 Å². The molecule has 26 heavy (non-hydrogen) atoms. The van der Waals surface area contributed by atoms with Crippen LogP contribution in [0.15, 0.2) is 48.5 Å². The smallest absolute Gasteiger partial charge is 0.170 e. The molecular weight excluding hydrogens is 367 g/mol. The summed E-state index contributed by atoms with van der Waals surface area (Å²) in [5.74, 6) is 2.32. The molecule has 2 aromatic rings. The first-order valence-electron chi connectivity index (χ1n) is 8.67. The molecule has 0 aliphatic carbocycles. The maximum atomic E-state index is 13.5. The number of benzene rings is 2. The van der Waals surface area contributed by atoms with Crippen LogP contribution in [0.25, 0.3) is 0 Å². The van der Waals surface area contributed by atoms with E-state index < -0.39 is 0 Å². The van der Waals surface area contributed by atoms with E-state index in [1.54, 1.807) is 17.8 Å². The minimum atomic E-state index is -0.132. The molecule has 0 spiro atoms. The quantitative estimate of drug-likeness (QED) is 0.451. The van der Waals surface area contributed by atoms with Gasteiger partial charge in [0.25, 0.3) is 0 Å². The summed E-state index contributed by atoms with van der Waals surface area (Å²) >= 11 is 7.04. The molecule has 0 aliphatic heterocycles. The molecule has 2 rings (SSSR count). The van der Waals surface area contributed by atoms with Gasteiger partial charge in [-0.25, -0.2) is 4.39 Å². The zero-order chi connectivity index (χ0) is 18.8. The van der Waals surface area contributed by atoms with Crippen molar-refractivity contribution >= 4 is 34.8 Å². The van der Waals surface area contributed by atoms with Crippen molar-refractivity contribution in [3.8, 4) is 5.75 Å². The summed E-state index contributed by atoms with van der Waals surface area (Å²) in [6, 6.07) is 14.7. The number of nitrogens with one attached hydrogen (secondary N) is 2. The van der Waals surface area contributed by atoms with Gasteiger partial charge in [0.15, 0.2) is 5.11 Å². The maximum absolute atomic E-state index is 13.5.